The lowest BCUT2D eigenvalue weighted by molar-refractivity contribution is -0.146. The number of carbonyl (C=O) groups excluding carboxylic acids is 1. The third-order valence-electron chi connectivity index (χ3n) is 11.5. The minimum Gasteiger partial charge on any atom is -0.466 e. The normalized spacial score (nSPS) is 35.4. The smallest absolute Gasteiger partial charge is 0.309 e. The van der Waals surface area contributed by atoms with Crippen molar-refractivity contribution < 1.29 is 18.4 Å². The summed E-state index contributed by atoms with van der Waals surface area (Å²) in [6.45, 7) is 29.2. The average molecular weight is 539 g/mol. The first-order valence-electron chi connectivity index (χ1n) is 14.8. The number of fused-ring (bicyclic) bond motifs is 1. The first-order valence-corrected chi connectivity index (χ1v) is 20.6. The van der Waals surface area contributed by atoms with Gasteiger partial charge in [0.25, 0.3) is 0 Å². The van der Waals surface area contributed by atoms with E-state index in [4.69, 9.17) is 13.6 Å². The molecule has 0 aromatic heterocycles. The lowest BCUT2D eigenvalue weighted by Gasteiger charge is -2.50. The van der Waals surface area contributed by atoms with E-state index in [2.05, 4.69) is 74.7 Å². The summed E-state index contributed by atoms with van der Waals surface area (Å²) in [6.07, 6.45) is 8.49. The van der Waals surface area contributed by atoms with E-state index in [0.717, 1.165) is 19.4 Å². The van der Waals surface area contributed by atoms with Gasteiger partial charge < -0.3 is 13.6 Å². The maximum Gasteiger partial charge on any atom is 0.309 e. The number of hydrogen-bond acceptors (Lipinski definition) is 4. The molecular weight excluding hydrogens is 480 g/mol. The fourth-order valence-electron chi connectivity index (χ4n) is 7.19. The molecule has 210 valence electrons. The maximum atomic E-state index is 13.1. The molecular formula is C30H58O4Si2. The van der Waals surface area contributed by atoms with Crippen LogP contribution < -0.4 is 0 Å². The van der Waals surface area contributed by atoms with Gasteiger partial charge >= 0.3 is 5.97 Å². The molecule has 4 nitrogen and oxygen atoms in total. The van der Waals surface area contributed by atoms with Crippen LogP contribution in [0.4, 0.5) is 0 Å². The van der Waals surface area contributed by atoms with Gasteiger partial charge in [-0.05, 0) is 104 Å². The lowest BCUT2D eigenvalue weighted by atomic mass is 9.60. The summed E-state index contributed by atoms with van der Waals surface area (Å²) in [5, 5.41) is 0.430. The Morgan fingerprint density at radius 1 is 0.944 bits per heavy atom. The molecule has 0 saturated heterocycles. The zero-order chi connectivity index (χ0) is 27.4. The molecule has 3 unspecified atom stereocenters. The monoisotopic (exact) mass is 538 g/mol. The first kappa shape index (κ1) is 30.4. The largest absolute Gasteiger partial charge is 0.466 e. The molecule has 0 heterocycles. The quantitative estimate of drug-likeness (QED) is 0.218. The second-order valence-electron chi connectivity index (χ2n) is 15.7. The molecule has 0 aliphatic heterocycles. The van der Waals surface area contributed by atoms with E-state index in [1.807, 2.05) is 6.92 Å². The molecule has 0 amide bonds. The number of hydrogen-bond donors (Lipinski definition) is 0. The van der Waals surface area contributed by atoms with Crippen LogP contribution in [0.5, 0.6) is 0 Å². The van der Waals surface area contributed by atoms with E-state index in [1.165, 1.54) is 32.1 Å². The number of ether oxygens (including phenoxy) is 1. The van der Waals surface area contributed by atoms with Crippen LogP contribution in [0.1, 0.15) is 100 Å². The molecule has 0 aromatic rings. The number of carbonyl (C=O) groups is 1. The summed E-state index contributed by atoms with van der Waals surface area (Å²) >= 11 is 0. The van der Waals surface area contributed by atoms with Gasteiger partial charge in [0.05, 0.1) is 12.5 Å². The van der Waals surface area contributed by atoms with Crippen molar-refractivity contribution in [1.82, 2.24) is 0 Å². The SMILES string of the molecule is CCOC(=O)C1CC1(CCO[Si](C)(C)C(C)(C)C)[C@H]1CCC2[C@@H](O[Si](C)(C)C(C)(C)C)CCC[C@@]21C. The Labute approximate surface area is 225 Å². The zero-order valence-electron chi connectivity index (χ0n) is 25.8. The Morgan fingerprint density at radius 3 is 2.11 bits per heavy atom. The Bertz CT molecular complexity index is 796. The molecule has 3 aliphatic rings. The van der Waals surface area contributed by atoms with Crippen molar-refractivity contribution in [1.29, 1.82) is 0 Å². The van der Waals surface area contributed by atoms with E-state index in [1.54, 1.807) is 0 Å². The minimum atomic E-state index is -1.83. The Kier molecular flexibility index (Phi) is 8.51. The fourth-order valence-corrected chi connectivity index (χ4v) is 9.63. The third-order valence-corrected chi connectivity index (χ3v) is 20.6. The van der Waals surface area contributed by atoms with Crippen molar-refractivity contribution in [2.75, 3.05) is 13.2 Å². The highest BCUT2D eigenvalue weighted by molar-refractivity contribution is 6.74. The van der Waals surface area contributed by atoms with Gasteiger partial charge in [-0.15, -0.1) is 0 Å². The van der Waals surface area contributed by atoms with Crippen LogP contribution in [0, 0.1) is 28.6 Å². The molecule has 6 atom stereocenters. The van der Waals surface area contributed by atoms with Crippen molar-refractivity contribution in [3.05, 3.63) is 0 Å². The second-order valence-corrected chi connectivity index (χ2v) is 25.2. The van der Waals surface area contributed by atoms with Crippen LogP contribution in [0.3, 0.4) is 0 Å². The summed E-state index contributed by atoms with van der Waals surface area (Å²) < 4.78 is 19.4. The van der Waals surface area contributed by atoms with Gasteiger partial charge in [-0.2, -0.15) is 0 Å². The fraction of sp³-hybridized carbons (Fsp3) is 0.967. The Morgan fingerprint density at radius 2 is 1.56 bits per heavy atom. The third kappa shape index (κ3) is 5.58. The summed E-state index contributed by atoms with van der Waals surface area (Å²) in [6, 6.07) is 0. The molecule has 0 bridgehead atoms. The van der Waals surface area contributed by atoms with Gasteiger partial charge in [-0.1, -0.05) is 54.9 Å². The molecule has 0 aromatic carbocycles. The number of esters is 1. The van der Waals surface area contributed by atoms with Crippen LogP contribution in [-0.4, -0.2) is 41.9 Å². The Hall–Kier alpha value is -0.176. The van der Waals surface area contributed by atoms with Gasteiger partial charge in [-0.25, -0.2) is 0 Å². The second kappa shape index (κ2) is 10.1. The van der Waals surface area contributed by atoms with Gasteiger partial charge in [0.15, 0.2) is 16.6 Å². The zero-order valence-corrected chi connectivity index (χ0v) is 27.8. The minimum absolute atomic E-state index is 0.0294. The molecule has 3 aliphatic carbocycles. The highest BCUT2D eigenvalue weighted by Gasteiger charge is 2.69. The van der Waals surface area contributed by atoms with Crippen LogP contribution in [0.15, 0.2) is 0 Å². The van der Waals surface area contributed by atoms with Crippen molar-refractivity contribution in [3.63, 3.8) is 0 Å². The van der Waals surface area contributed by atoms with E-state index >= 15 is 0 Å². The molecule has 0 spiro atoms. The molecule has 3 fully saturated rings. The number of rotatable bonds is 9. The van der Waals surface area contributed by atoms with Crippen LogP contribution >= 0.6 is 0 Å². The molecule has 3 saturated carbocycles. The topological polar surface area (TPSA) is 44.8 Å². The molecule has 0 N–H and O–H groups in total. The van der Waals surface area contributed by atoms with Crippen LogP contribution in [0.2, 0.25) is 36.3 Å². The van der Waals surface area contributed by atoms with Crippen molar-refractivity contribution in [2.24, 2.45) is 28.6 Å². The average Bonchev–Trinajstić information content (AvgIpc) is 3.32. The van der Waals surface area contributed by atoms with Crippen molar-refractivity contribution in [3.8, 4) is 0 Å². The maximum absolute atomic E-state index is 13.1. The van der Waals surface area contributed by atoms with E-state index < -0.39 is 16.6 Å². The van der Waals surface area contributed by atoms with E-state index in [0.29, 0.717) is 24.5 Å². The van der Waals surface area contributed by atoms with Crippen LogP contribution in [0.25, 0.3) is 0 Å². The molecule has 3 rings (SSSR count). The molecule has 36 heavy (non-hydrogen) atoms. The summed E-state index contributed by atoms with van der Waals surface area (Å²) in [7, 11) is -3.65. The molecule has 6 heteroatoms. The van der Waals surface area contributed by atoms with Gasteiger partial charge in [-0.3, -0.25) is 4.79 Å². The first-order chi connectivity index (χ1) is 16.3. The Balaban J connectivity index is 1.83. The van der Waals surface area contributed by atoms with E-state index in [-0.39, 0.29) is 32.8 Å². The lowest BCUT2D eigenvalue weighted by Crippen LogP contribution is -2.50. The summed E-state index contributed by atoms with van der Waals surface area (Å²) in [5.74, 6) is 1.23. The van der Waals surface area contributed by atoms with Crippen LogP contribution in [-0.2, 0) is 18.4 Å². The van der Waals surface area contributed by atoms with Gasteiger partial charge in [0.1, 0.15) is 0 Å². The summed E-state index contributed by atoms with van der Waals surface area (Å²) in [4.78, 5) is 13.1. The predicted octanol–water partition coefficient (Wildman–Crippen LogP) is 8.57. The molecule has 0 radical (unpaired) electrons. The van der Waals surface area contributed by atoms with Crippen molar-refractivity contribution >= 4 is 22.6 Å². The summed E-state index contributed by atoms with van der Waals surface area (Å²) in [5.41, 5.74) is 0.278. The van der Waals surface area contributed by atoms with Gasteiger partial charge in [0.2, 0.25) is 0 Å². The highest BCUT2D eigenvalue weighted by atomic mass is 28.4. The van der Waals surface area contributed by atoms with Crippen molar-refractivity contribution in [2.45, 2.75) is 143 Å². The highest BCUT2D eigenvalue weighted by Crippen LogP contribution is 2.72. The predicted molar refractivity (Wildman–Crippen MR) is 155 cm³/mol. The standard InChI is InChI=1S/C30H58O4Si2/c1-13-32-26(31)23-21-30(23,19-20-33-35(9,10)27(2,3)4)25-17-16-22-24(15-14-18-29(22,25)8)34-36(11,12)28(5,6)7/h22-25H,13-21H2,1-12H3/t22?,23?,24-,25-,29-,30?/m0/s1. The van der Waals surface area contributed by atoms with Gasteiger partial charge in [0, 0.05) is 12.7 Å². The van der Waals surface area contributed by atoms with E-state index in [9.17, 15) is 4.79 Å².